The number of carbonyl (C=O) groups excluding carboxylic acids is 1. The molecule has 19 heavy (non-hydrogen) atoms. The minimum Gasteiger partial charge on any atom is -0.378 e. The number of benzene rings is 1. The number of carbonyl (C=O) groups is 1. The Morgan fingerprint density at radius 3 is 2.47 bits per heavy atom. The minimum absolute atomic E-state index is 0.140. The van der Waals surface area contributed by atoms with Crippen molar-refractivity contribution in [3.8, 4) is 0 Å². The van der Waals surface area contributed by atoms with E-state index in [1.807, 2.05) is 48.2 Å². The first-order valence-electron chi connectivity index (χ1n) is 6.69. The van der Waals surface area contributed by atoms with E-state index < -0.39 is 0 Å². The fraction of sp³-hybridized carbons (Fsp3) is 0.533. The molecule has 0 saturated carbocycles. The largest absolute Gasteiger partial charge is 0.378 e. The van der Waals surface area contributed by atoms with E-state index >= 15 is 0 Å². The molecule has 2 rings (SSSR count). The highest BCUT2D eigenvalue weighted by Gasteiger charge is 2.27. The van der Waals surface area contributed by atoms with Gasteiger partial charge in [0.25, 0.3) is 5.91 Å². The highest BCUT2D eigenvalue weighted by atomic mass is 79.9. The van der Waals surface area contributed by atoms with Crippen LogP contribution in [0.4, 0.5) is 5.69 Å². The topological polar surface area (TPSA) is 23.6 Å². The number of anilines is 1. The third kappa shape index (κ3) is 3.30. The van der Waals surface area contributed by atoms with Crippen LogP contribution in [0, 0.1) is 5.92 Å². The molecule has 2 unspecified atom stereocenters. The molecule has 0 aromatic heterocycles. The summed E-state index contributed by atoms with van der Waals surface area (Å²) in [4.78, 5) is 16.8. The number of nitrogens with zero attached hydrogens (tertiary/aromatic N) is 2. The van der Waals surface area contributed by atoms with Crippen LogP contribution in [-0.4, -0.2) is 42.8 Å². The lowest BCUT2D eigenvalue weighted by Gasteiger charge is -2.34. The second kappa shape index (κ2) is 5.95. The molecule has 0 aliphatic carbocycles. The van der Waals surface area contributed by atoms with Crippen molar-refractivity contribution in [3.63, 3.8) is 0 Å². The van der Waals surface area contributed by atoms with E-state index in [1.54, 1.807) is 0 Å². The Morgan fingerprint density at radius 1 is 1.32 bits per heavy atom. The highest BCUT2D eigenvalue weighted by molar-refractivity contribution is 9.09. The first kappa shape index (κ1) is 14.4. The van der Waals surface area contributed by atoms with Crippen molar-refractivity contribution >= 4 is 27.5 Å². The van der Waals surface area contributed by atoms with Crippen LogP contribution in [-0.2, 0) is 0 Å². The van der Waals surface area contributed by atoms with Gasteiger partial charge in [0.2, 0.25) is 0 Å². The Labute approximate surface area is 123 Å². The second-order valence-corrected chi connectivity index (χ2v) is 6.65. The molecule has 2 atom stereocenters. The summed E-state index contributed by atoms with van der Waals surface area (Å²) in [7, 11) is 4.00. The number of likely N-dealkylation sites (tertiary alicyclic amines) is 1. The van der Waals surface area contributed by atoms with E-state index in [9.17, 15) is 4.79 Å². The molecule has 1 aliphatic heterocycles. The van der Waals surface area contributed by atoms with E-state index in [4.69, 9.17) is 0 Å². The molecule has 1 amide bonds. The van der Waals surface area contributed by atoms with E-state index in [2.05, 4.69) is 22.9 Å². The number of halogens is 1. The average molecular weight is 325 g/mol. The quantitative estimate of drug-likeness (QED) is 0.781. The van der Waals surface area contributed by atoms with Gasteiger partial charge in [-0.15, -0.1) is 0 Å². The summed E-state index contributed by atoms with van der Waals surface area (Å²) in [5, 5.41) is 0. The van der Waals surface area contributed by atoms with Gasteiger partial charge >= 0.3 is 0 Å². The van der Waals surface area contributed by atoms with E-state index in [0.29, 0.717) is 10.7 Å². The number of hydrogen-bond donors (Lipinski definition) is 0. The van der Waals surface area contributed by atoms with Gasteiger partial charge in [0.15, 0.2) is 0 Å². The first-order chi connectivity index (χ1) is 8.99. The Kier molecular flexibility index (Phi) is 4.50. The monoisotopic (exact) mass is 324 g/mol. The van der Waals surface area contributed by atoms with Crippen LogP contribution in [0.5, 0.6) is 0 Å². The molecule has 104 valence electrons. The van der Waals surface area contributed by atoms with Gasteiger partial charge in [-0.3, -0.25) is 4.79 Å². The number of hydrogen-bond acceptors (Lipinski definition) is 2. The molecular formula is C15H21BrN2O. The van der Waals surface area contributed by atoms with Gasteiger partial charge in [-0.2, -0.15) is 0 Å². The molecule has 1 fully saturated rings. The SMILES string of the molecule is CC1CCN(C(=O)c2ccc(N(C)C)cc2)CC1Br. The molecule has 1 heterocycles. The van der Waals surface area contributed by atoms with Crippen molar-refractivity contribution < 1.29 is 4.79 Å². The van der Waals surface area contributed by atoms with E-state index in [1.165, 1.54) is 0 Å². The zero-order valence-corrected chi connectivity index (χ0v) is 13.4. The summed E-state index contributed by atoms with van der Waals surface area (Å²) >= 11 is 3.67. The van der Waals surface area contributed by atoms with Crippen LogP contribution in [0.25, 0.3) is 0 Å². The molecule has 1 aromatic carbocycles. The molecule has 3 nitrogen and oxygen atoms in total. The van der Waals surface area contributed by atoms with Gasteiger partial charge in [0.05, 0.1) is 0 Å². The molecule has 0 radical (unpaired) electrons. The number of alkyl halides is 1. The Balaban J connectivity index is 2.07. The lowest BCUT2D eigenvalue weighted by molar-refractivity contribution is 0.0706. The third-order valence-corrected chi connectivity index (χ3v) is 4.98. The van der Waals surface area contributed by atoms with Crippen LogP contribution < -0.4 is 4.90 Å². The van der Waals surface area contributed by atoms with Gasteiger partial charge < -0.3 is 9.80 Å². The summed E-state index contributed by atoms with van der Waals surface area (Å²) in [5.41, 5.74) is 1.89. The molecule has 1 aliphatic rings. The smallest absolute Gasteiger partial charge is 0.253 e. The fourth-order valence-electron chi connectivity index (χ4n) is 2.29. The van der Waals surface area contributed by atoms with E-state index in [-0.39, 0.29) is 5.91 Å². The van der Waals surface area contributed by atoms with Crippen molar-refractivity contribution in [2.45, 2.75) is 18.2 Å². The van der Waals surface area contributed by atoms with Crippen molar-refractivity contribution in [3.05, 3.63) is 29.8 Å². The number of amides is 1. The van der Waals surface area contributed by atoms with Crippen LogP contribution >= 0.6 is 15.9 Å². The summed E-state index contributed by atoms with van der Waals surface area (Å²) < 4.78 is 0. The maximum atomic E-state index is 12.4. The molecule has 4 heteroatoms. The first-order valence-corrected chi connectivity index (χ1v) is 7.61. The number of rotatable bonds is 2. The molecule has 1 aromatic rings. The predicted octanol–water partition coefficient (Wildman–Crippen LogP) is 3.00. The second-order valence-electron chi connectivity index (χ2n) is 5.47. The fourth-order valence-corrected chi connectivity index (χ4v) is 2.91. The summed E-state index contributed by atoms with van der Waals surface area (Å²) in [6, 6.07) is 7.81. The Hall–Kier alpha value is -1.03. The highest BCUT2D eigenvalue weighted by Crippen LogP contribution is 2.24. The van der Waals surface area contributed by atoms with Crippen LogP contribution in [0.2, 0.25) is 0 Å². The van der Waals surface area contributed by atoms with Gasteiger partial charge in [0, 0.05) is 43.3 Å². The lowest BCUT2D eigenvalue weighted by atomic mass is 9.98. The van der Waals surface area contributed by atoms with Crippen molar-refractivity contribution in [1.29, 1.82) is 0 Å². The van der Waals surface area contributed by atoms with Gasteiger partial charge in [0.1, 0.15) is 0 Å². The minimum atomic E-state index is 0.140. The lowest BCUT2D eigenvalue weighted by Crippen LogP contribution is -2.43. The molecule has 1 saturated heterocycles. The van der Waals surface area contributed by atoms with Gasteiger partial charge in [-0.05, 0) is 36.6 Å². The summed E-state index contributed by atoms with van der Waals surface area (Å²) in [6.07, 6.45) is 1.07. The molecule has 0 bridgehead atoms. The van der Waals surface area contributed by atoms with Crippen molar-refractivity contribution in [2.24, 2.45) is 5.92 Å². The normalized spacial score (nSPS) is 23.3. The van der Waals surface area contributed by atoms with Crippen LogP contribution in [0.3, 0.4) is 0 Å². The van der Waals surface area contributed by atoms with E-state index in [0.717, 1.165) is 30.8 Å². The van der Waals surface area contributed by atoms with Crippen LogP contribution in [0.1, 0.15) is 23.7 Å². The van der Waals surface area contributed by atoms with Crippen molar-refractivity contribution in [1.82, 2.24) is 4.90 Å². The van der Waals surface area contributed by atoms with Gasteiger partial charge in [-0.25, -0.2) is 0 Å². The standard InChI is InChI=1S/C15H21BrN2O/c1-11-8-9-18(10-14(11)16)15(19)12-4-6-13(7-5-12)17(2)3/h4-7,11,14H,8-10H2,1-3H3. The van der Waals surface area contributed by atoms with Gasteiger partial charge in [-0.1, -0.05) is 22.9 Å². The third-order valence-electron chi connectivity index (χ3n) is 3.78. The molecular weight excluding hydrogens is 304 g/mol. The molecule has 0 N–H and O–H groups in total. The Morgan fingerprint density at radius 2 is 1.95 bits per heavy atom. The summed E-state index contributed by atoms with van der Waals surface area (Å²) in [5.74, 6) is 0.779. The van der Waals surface area contributed by atoms with Crippen LogP contribution in [0.15, 0.2) is 24.3 Å². The maximum absolute atomic E-state index is 12.4. The Bertz CT molecular complexity index is 444. The maximum Gasteiger partial charge on any atom is 0.253 e. The average Bonchev–Trinajstić information content (AvgIpc) is 2.41. The zero-order valence-electron chi connectivity index (χ0n) is 11.8. The number of piperidine rings is 1. The zero-order chi connectivity index (χ0) is 14.0. The summed E-state index contributed by atoms with van der Waals surface area (Å²) in [6.45, 7) is 3.89. The predicted molar refractivity (Wildman–Crippen MR) is 83.2 cm³/mol. The van der Waals surface area contributed by atoms with Crippen molar-refractivity contribution in [2.75, 3.05) is 32.1 Å². The molecule has 0 spiro atoms.